The van der Waals surface area contributed by atoms with Crippen molar-refractivity contribution in [2.45, 2.75) is 32.9 Å². The summed E-state index contributed by atoms with van der Waals surface area (Å²) < 4.78 is 11.9. The molecule has 10 nitrogen and oxygen atoms in total. The molecule has 3 aromatic rings. The van der Waals surface area contributed by atoms with Crippen LogP contribution >= 0.6 is 0 Å². The largest absolute Gasteiger partial charge is 0.464 e. The highest BCUT2D eigenvalue weighted by atomic mass is 16.5. The van der Waals surface area contributed by atoms with Crippen LogP contribution in [0.1, 0.15) is 41.3 Å². The number of carbonyl (C=O) groups is 2. The first-order valence-corrected chi connectivity index (χ1v) is 10.3. The lowest BCUT2D eigenvalue weighted by molar-refractivity contribution is 0.0589. The Hall–Kier alpha value is -3.37. The number of nitrogens with zero attached hydrogens (tertiary/aromatic N) is 2. The molecule has 0 aromatic carbocycles. The predicted octanol–water partition coefficient (Wildman–Crippen LogP) is 2.48. The van der Waals surface area contributed by atoms with E-state index >= 15 is 0 Å². The van der Waals surface area contributed by atoms with E-state index in [9.17, 15) is 14.7 Å². The Balaban J connectivity index is 2.12. The van der Waals surface area contributed by atoms with E-state index in [1.165, 1.54) is 19.4 Å². The number of hydrogen-bond donors (Lipinski definition) is 4. The van der Waals surface area contributed by atoms with Gasteiger partial charge in [-0.25, -0.2) is 9.78 Å². The van der Waals surface area contributed by atoms with Crippen LogP contribution in [0.15, 0.2) is 35.1 Å². The summed E-state index contributed by atoms with van der Waals surface area (Å²) >= 11 is 0. The number of esters is 1. The number of nitrogens with one attached hydrogen (secondary N) is 2. The van der Waals surface area contributed by atoms with Crippen LogP contribution in [0.5, 0.6) is 0 Å². The Morgan fingerprint density at radius 1 is 1.34 bits per heavy atom. The van der Waals surface area contributed by atoms with Crippen LogP contribution in [-0.4, -0.2) is 58.0 Å². The van der Waals surface area contributed by atoms with E-state index in [-0.39, 0.29) is 30.3 Å². The molecule has 0 aliphatic rings. The first-order chi connectivity index (χ1) is 15.3. The third-order valence-electron chi connectivity index (χ3n) is 4.94. The second kappa shape index (κ2) is 10.3. The molecule has 3 heterocycles. The van der Waals surface area contributed by atoms with Crippen molar-refractivity contribution in [3.8, 4) is 0 Å². The van der Waals surface area contributed by atoms with Crippen LogP contribution in [0.25, 0.3) is 11.0 Å². The Kier molecular flexibility index (Phi) is 7.49. The molecule has 0 aliphatic carbocycles. The molecule has 32 heavy (non-hydrogen) atoms. The number of aryl methyl sites for hydroxylation is 1. The van der Waals surface area contributed by atoms with E-state index in [1.807, 2.05) is 0 Å². The lowest BCUT2D eigenvalue weighted by Gasteiger charge is -2.12. The van der Waals surface area contributed by atoms with Crippen LogP contribution < -0.4 is 10.6 Å². The molecule has 0 bridgehead atoms. The van der Waals surface area contributed by atoms with Gasteiger partial charge >= 0.3 is 5.97 Å². The Bertz CT molecular complexity index is 1070. The molecule has 10 heteroatoms. The number of anilines is 2. The number of carbonyl (C=O) groups excluding carboxylic acids is 2. The van der Waals surface area contributed by atoms with Gasteiger partial charge in [0.25, 0.3) is 5.91 Å². The molecule has 4 N–H and O–H groups in total. The summed E-state index contributed by atoms with van der Waals surface area (Å²) in [6, 6.07) is 4.84. The lowest BCUT2D eigenvalue weighted by atomic mass is 10.1. The average molecular weight is 444 g/mol. The van der Waals surface area contributed by atoms with E-state index in [1.54, 1.807) is 22.9 Å². The van der Waals surface area contributed by atoms with E-state index in [0.717, 1.165) is 6.42 Å². The summed E-state index contributed by atoms with van der Waals surface area (Å²) in [6.45, 7) is 4.37. The molecule has 3 rings (SSSR count). The number of aliphatic hydroxyl groups is 2. The van der Waals surface area contributed by atoms with Crippen LogP contribution in [0.4, 0.5) is 11.4 Å². The van der Waals surface area contributed by atoms with Crippen molar-refractivity contribution >= 4 is 34.3 Å². The van der Waals surface area contributed by atoms with Crippen molar-refractivity contribution in [2.24, 2.45) is 5.92 Å². The zero-order valence-corrected chi connectivity index (χ0v) is 18.3. The Morgan fingerprint density at radius 2 is 2.12 bits per heavy atom. The molecule has 1 atom stereocenters. The SMILES string of the molecule is COC(=O)c1c(NC(=O)c2ccco2)c2cc(NCC(O)CO)cnc2n1CCC(C)C. The molecule has 0 saturated carbocycles. The van der Waals surface area contributed by atoms with Crippen molar-refractivity contribution in [3.05, 3.63) is 42.1 Å². The number of pyridine rings is 1. The van der Waals surface area contributed by atoms with E-state index < -0.39 is 18.0 Å². The van der Waals surface area contributed by atoms with Gasteiger partial charge in [-0.05, 0) is 30.5 Å². The molecule has 0 saturated heterocycles. The topological polar surface area (TPSA) is 139 Å². The summed E-state index contributed by atoms with van der Waals surface area (Å²) in [7, 11) is 1.28. The first kappa shape index (κ1) is 23.3. The fourth-order valence-electron chi connectivity index (χ4n) is 3.25. The summed E-state index contributed by atoms with van der Waals surface area (Å²) in [4.78, 5) is 30.0. The maximum Gasteiger partial charge on any atom is 0.356 e. The molecule has 0 radical (unpaired) electrons. The lowest BCUT2D eigenvalue weighted by Crippen LogP contribution is -2.22. The maximum absolute atomic E-state index is 12.8. The Labute approximate surface area is 185 Å². The number of hydrogen-bond acceptors (Lipinski definition) is 8. The van der Waals surface area contributed by atoms with Crippen LogP contribution in [0.2, 0.25) is 0 Å². The van der Waals surface area contributed by atoms with Gasteiger partial charge in [0.1, 0.15) is 5.65 Å². The minimum absolute atomic E-state index is 0.0946. The second-order valence-corrected chi connectivity index (χ2v) is 7.79. The number of aromatic nitrogens is 2. The molecule has 0 aliphatic heterocycles. The standard InChI is InChI=1S/C22H28N4O6/c1-13(2)6-7-26-19(22(30)31-3)18(25-21(29)17-5-4-8-32-17)16-9-14(10-24-20(16)26)23-11-15(28)12-27/h4-5,8-10,13,15,23,27-28H,6-7,11-12H2,1-3H3,(H,25,29). The molecular formula is C22H28N4O6. The maximum atomic E-state index is 12.8. The number of furan rings is 1. The predicted molar refractivity (Wildman–Crippen MR) is 119 cm³/mol. The van der Waals surface area contributed by atoms with Gasteiger partial charge in [0.05, 0.1) is 43.7 Å². The highest BCUT2D eigenvalue weighted by molar-refractivity contribution is 6.14. The van der Waals surface area contributed by atoms with E-state index in [2.05, 4.69) is 29.5 Å². The fraction of sp³-hybridized carbons (Fsp3) is 0.409. The molecule has 1 amide bonds. The number of aliphatic hydroxyl groups excluding tert-OH is 2. The third kappa shape index (κ3) is 5.09. The highest BCUT2D eigenvalue weighted by Gasteiger charge is 2.27. The van der Waals surface area contributed by atoms with Crippen molar-refractivity contribution in [1.82, 2.24) is 9.55 Å². The van der Waals surface area contributed by atoms with Gasteiger partial charge in [-0.3, -0.25) is 4.79 Å². The number of methoxy groups -OCH3 is 1. The number of rotatable bonds is 10. The van der Waals surface area contributed by atoms with Gasteiger partial charge in [0, 0.05) is 18.5 Å². The van der Waals surface area contributed by atoms with Crippen LogP contribution in [-0.2, 0) is 11.3 Å². The summed E-state index contributed by atoms with van der Waals surface area (Å²) in [6.07, 6.45) is 2.80. The monoisotopic (exact) mass is 444 g/mol. The normalized spacial score (nSPS) is 12.2. The van der Waals surface area contributed by atoms with Gasteiger partial charge in [0.15, 0.2) is 11.5 Å². The third-order valence-corrected chi connectivity index (χ3v) is 4.94. The zero-order valence-electron chi connectivity index (χ0n) is 18.3. The molecule has 3 aromatic heterocycles. The van der Waals surface area contributed by atoms with Crippen molar-refractivity contribution in [3.63, 3.8) is 0 Å². The van der Waals surface area contributed by atoms with Gasteiger partial charge in [-0.15, -0.1) is 0 Å². The molecular weight excluding hydrogens is 416 g/mol. The minimum atomic E-state index is -0.940. The summed E-state index contributed by atoms with van der Waals surface area (Å²) in [5.74, 6) is -0.652. The van der Waals surface area contributed by atoms with Crippen LogP contribution in [0.3, 0.4) is 0 Å². The average Bonchev–Trinajstić information content (AvgIpc) is 3.42. The number of amides is 1. The zero-order chi connectivity index (χ0) is 23.3. The minimum Gasteiger partial charge on any atom is -0.464 e. The molecule has 172 valence electrons. The molecule has 0 spiro atoms. The van der Waals surface area contributed by atoms with E-state index in [0.29, 0.717) is 29.2 Å². The van der Waals surface area contributed by atoms with Crippen molar-refractivity contribution < 1.29 is 29.0 Å². The first-order valence-electron chi connectivity index (χ1n) is 10.3. The number of fused-ring (bicyclic) bond motifs is 1. The van der Waals surface area contributed by atoms with Crippen molar-refractivity contribution in [1.29, 1.82) is 0 Å². The summed E-state index contributed by atoms with van der Waals surface area (Å²) in [5, 5.41) is 24.9. The second-order valence-electron chi connectivity index (χ2n) is 7.79. The smallest absolute Gasteiger partial charge is 0.356 e. The van der Waals surface area contributed by atoms with Crippen LogP contribution in [0, 0.1) is 5.92 Å². The Morgan fingerprint density at radius 3 is 2.75 bits per heavy atom. The van der Waals surface area contributed by atoms with E-state index in [4.69, 9.17) is 14.3 Å². The van der Waals surface area contributed by atoms with Gasteiger partial charge in [-0.2, -0.15) is 0 Å². The van der Waals surface area contributed by atoms with Gasteiger partial charge in [-0.1, -0.05) is 13.8 Å². The fourth-order valence-corrected chi connectivity index (χ4v) is 3.25. The number of ether oxygens (including phenoxy) is 1. The summed E-state index contributed by atoms with van der Waals surface area (Å²) in [5.41, 5.74) is 1.50. The van der Waals surface area contributed by atoms with Gasteiger partial charge in [0.2, 0.25) is 0 Å². The molecule has 0 fully saturated rings. The quantitative estimate of drug-likeness (QED) is 0.350. The highest BCUT2D eigenvalue weighted by Crippen LogP contribution is 2.33. The van der Waals surface area contributed by atoms with Gasteiger partial charge < -0.3 is 34.6 Å². The van der Waals surface area contributed by atoms with Crippen molar-refractivity contribution in [2.75, 3.05) is 30.9 Å². The molecule has 1 unspecified atom stereocenters.